The molecule has 6 nitrogen and oxygen atoms in total. The van der Waals surface area contributed by atoms with Gasteiger partial charge in [-0.15, -0.1) is 0 Å². The number of carbonyl (C=O) groups is 2. The van der Waals surface area contributed by atoms with Gasteiger partial charge < -0.3 is 14.2 Å². The third-order valence-corrected chi connectivity index (χ3v) is 5.68. The second-order valence-electron chi connectivity index (χ2n) is 7.80. The highest BCUT2D eigenvalue weighted by Crippen LogP contribution is 2.28. The molecule has 0 saturated heterocycles. The van der Waals surface area contributed by atoms with Crippen molar-refractivity contribution in [2.24, 2.45) is 0 Å². The highest BCUT2D eigenvalue weighted by molar-refractivity contribution is 6.00. The number of para-hydroxylation sites is 1. The number of aryl methyl sites for hydroxylation is 1. The van der Waals surface area contributed by atoms with Crippen LogP contribution in [-0.4, -0.2) is 29.7 Å². The van der Waals surface area contributed by atoms with E-state index >= 15 is 0 Å². The molecule has 1 aliphatic rings. The van der Waals surface area contributed by atoms with Crippen molar-refractivity contribution in [3.63, 3.8) is 0 Å². The van der Waals surface area contributed by atoms with Crippen LogP contribution in [0.3, 0.4) is 0 Å². The van der Waals surface area contributed by atoms with Crippen molar-refractivity contribution in [3.05, 3.63) is 72.0 Å². The summed E-state index contributed by atoms with van der Waals surface area (Å²) in [4.78, 5) is 27.8. The van der Waals surface area contributed by atoms with Crippen molar-refractivity contribution < 1.29 is 18.8 Å². The maximum atomic E-state index is 13.2. The predicted molar refractivity (Wildman–Crippen MR) is 118 cm³/mol. The molecule has 1 aromatic heterocycles. The average Bonchev–Trinajstić information content (AvgIpc) is 3.21. The van der Waals surface area contributed by atoms with E-state index in [-0.39, 0.29) is 24.1 Å². The first-order valence-corrected chi connectivity index (χ1v) is 10.7. The van der Waals surface area contributed by atoms with Crippen LogP contribution in [0.15, 0.2) is 65.2 Å². The van der Waals surface area contributed by atoms with Crippen LogP contribution in [0.5, 0.6) is 0 Å². The van der Waals surface area contributed by atoms with E-state index in [1.54, 1.807) is 11.8 Å². The zero-order chi connectivity index (χ0) is 21.6. The van der Waals surface area contributed by atoms with Gasteiger partial charge in [-0.05, 0) is 31.9 Å². The molecule has 0 radical (unpaired) electrons. The van der Waals surface area contributed by atoms with Crippen LogP contribution in [-0.2, 0) is 9.53 Å². The Kier molecular flexibility index (Phi) is 6.46. The molecule has 1 amide bonds. The lowest BCUT2D eigenvalue weighted by atomic mass is 9.93. The topological polar surface area (TPSA) is 72.6 Å². The number of hydrogen-bond donors (Lipinski definition) is 0. The van der Waals surface area contributed by atoms with Crippen molar-refractivity contribution in [1.29, 1.82) is 0 Å². The maximum Gasteiger partial charge on any atom is 0.344 e. The zero-order valence-corrected chi connectivity index (χ0v) is 17.6. The minimum atomic E-state index is -0.609. The van der Waals surface area contributed by atoms with E-state index in [0.717, 1.165) is 36.9 Å². The van der Waals surface area contributed by atoms with Crippen LogP contribution < -0.4 is 4.90 Å². The number of carbonyl (C=O) groups excluding carboxylic acids is 2. The summed E-state index contributed by atoms with van der Waals surface area (Å²) in [6, 6.07) is 19.0. The fourth-order valence-corrected chi connectivity index (χ4v) is 4.16. The van der Waals surface area contributed by atoms with Crippen molar-refractivity contribution in [2.45, 2.75) is 45.1 Å². The van der Waals surface area contributed by atoms with Gasteiger partial charge in [-0.1, -0.05) is 73.0 Å². The largest absolute Gasteiger partial charge is 0.452 e. The van der Waals surface area contributed by atoms with Crippen molar-refractivity contribution in [1.82, 2.24) is 5.16 Å². The number of amides is 1. The van der Waals surface area contributed by atoms with Crippen LogP contribution in [0.1, 0.15) is 48.2 Å². The quantitative estimate of drug-likeness (QED) is 0.516. The van der Waals surface area contributed by atoms with Gasteiger partial charge in [-0.3, -0.25) is 4.79 Å². The Morgan fingerprint density at radius 2 is 1.65 bits per heavy atom. The van der Waals surface area contributed by atoms with Crippen LogP contribution >= 0.6 is 0 Å². The van der Waals surface area contributed by atoms with Gasteiger partial charge >= 0.3 is 5.97 Å². The van der Waals surface area contributed by atoms with Gasteiger partial charge in [-0.25, -0.2) is 4.79 Å². The summed E-state index contributed by atoms with van der Waals surface area (Å²) in [7, 11) is 0. The molecular formula is C25H26N2O4. The first kappa shape index (κ1) is 20.8. The number of nitrogens with zero attached hydrogens (tertiary/aromatic N) is 2. The number of esters is 1. The summed E-state index contributed by atoms with van der Waals surface area (Å²) in [6.07, 6.45) is 5.30. The first-order chi connectivity index (χ1) is 15.1. The summed E-state index contributed by atoms with van der Waals surface area (Å²) in [6.45, 7) is 1.33. The van der Waals surface area contributed by atoms with E-state index in [0.29, 0.717) is 11.5 Å². The predicted octanol–water partition coefficient (Wildman–Crippen LogP) is 5.17. The van der Waals surface area contributed by atoms with E-state index in [1.807, 2.05) is 60.7 Å². The number of ether oxygens (including phenoxy) is 1. The average molecular weight is 418 g/mol. The minimum absolute atomic E-state index is 0.125. The molecule has 1 aliphatic carbocycles. The van der Waals surface area contributed by atoms with Crippen molar-refractivity contribution in [3.8, 4) is 11.3 Å². The van der Waals surface area contributed by atoms with Gasteiger partial charge in [-0.2, -0.15) is 0 Å². The van der Waals surface area contributed by atoms with Gasteiger partial charge in [0.25, 0.3) is 5.91 Å². The third kappa shape index (κ3) is 4.68. The standard InChI is InChI=1S/C25H26N2O4/c1-18-23(24(26-31-18)19-11-5-2-6-12-19)25(29)30-17-22(28)27(20-13-7-3-8-14-20)21-15-9-4-10-16-21/h2-3,5-8,11-14,21H,4,9-10,15-17H2,1H3. The molecule has 0 spiro atoms. The van der Waals surface area contributed by atoms with Crippen LogP contribution in [0.25, 0.3) is 11.3 Å². The van der Waals surface area contributed by atoms with Crippen molar-refractivity contribution in [2.75, 3.05) is 11.5 Å². The zero-order valence-electron chi connectivity index (χ0n) is 17.6. The number of benzene rings is 2. The van der Waals surface area contributed by atoms with E-state index < -0.39 is 5.97 Å². The molecule has 6 heteroatoms. The Bertz CT molecular complexity index is 1020. The molecule has 0 unspecified atom stereocenters. The Hall–Kier alpha value is -3.41. The molecule has 160 valence electrons. The molecule has 3 aromatic rings. The normalized spacial score (nSPS) is 14.2. The Morgan fingerprint density at radius 1 is 1.00 bits per heavy atom. The lowest BCUT2D eigenvalue weighted by Gasteiger charge is -2.34. The summed E-state index contributed by atoms with van der Waals surface area (Å²) in [5, 5.41) is 4.02. The Balaban J connectivity index is 1.51. The Labute approximate surface area is 181 Å². The summed E-state index contributed by atoms with van der Waals surface area (Å²) in [5.74, 6) is -0.465. The van der Waals surface area contributed by atoms with Crippen LogP contribution in [0, 0.1) is 6.92 Å². The smallest absolute Gasteiger partial charge is 0.344 e. The number of aromatic nitrogens is 1. The molecule has 0 aliphatic heterocycles. The lowest BCUT2D eigenvalue weighted by molar-refractivity contribution is -0.122. The van der Waals surface area contributed by atoms with Crippen molar-refractivity contribution >= 4 is 17.6 Å². The minimum Gasteiger partial charge on any atom is -0.452 e. The van der Waals surface area contributed by atoms with E-state index in [2.05, 4.69) is 5.16 Å². The molecule has 1 fully saturated rings. The van der Waals surface area contributed by atoms with Gasteiger partial charge in [0.2, 0.25) is 0 Å². The third-order valence-electron chi connectivity index (χ3n) is 5.68. The van der Waals surface area contributed by atoms with Crippen LogP contribution in [0.2, 0.25) is 0 Å². The second kappa shape index (κ2) is 9.60. The maximum absolute atomic E-state index is 13.2. The molecule has 1 heterocycles. The first-order valence-electron chi connectivity index (χ1n) is 10.7. The molecule has 0 atom stereocenters. The number of hydrogen-bond acceptors (Lipinski definition) is 5. The van der Waals surface area contributed by atoms with Gasteiger partial charge in [0.05, 0.1) is 0 Å². The molecule has 0 bridgehead atoms. The molecule has 0 N–H and O–H groups in total. The number of anilines is 1. The summed E-state index contributed by atoms with van der Waals surface area (Å²) < 4.78 is 10.7. The summed E-state index contributed by atoms with van der Waals surface area (Å²) in [5.41, 5.74) is 2.26. The van der Waals surface area contributed by atoms with E-state index in [9.17, 15) is 9.59 Å². The summed E-state index contributed by atoms with van der Waals surface area (Å²) >= 11 is 0. The molecule has 1 saturated carbocycles. The fourth-order valence-electron chi connectivity index (χ4n) is 4.16. The number of rotatable bonds is 6. The monoisotopic (exact) mass is 418 g/mol. The molecular weight excluding hydrogens is 392 g/mol. The molecule has 31 heavy (non-hydrogen) atoms. The molecule has 2 aromatic carbocycles. The van der Waals surface area contributed by atoms with Crippen LogP contribution in [0.4, 0.5) is 5.69 Å². The molecule has 4 rings (SSSR count). The van der Waals surface area contributed by atoms with Gasteiger partial charge in [0.1, 0.15) is 17.0 Å². The van der Waals surface area contributed by atoms with E-state index in [1.165, 1.54) is 6.42 Å². The van der Waals surface area contributed by atoms with Gasteiger partial charge in [0, 0.05) is 17.3 Å². The highest BCUT2D eigenvalue weighted by atomic mass is 16.5. The highest BCUT2D eigenvalue weighted by Gasteiger charge is 2.29. The van der Waals surface area contributed by atoms with E-state index in [4.69, 9.17) is 9.26 Å². The fraction of sp³-hybridized carbons (Fsp3) is 0.320. The SMILES string of the molecule is Cc1onc(-c2ccccc2)c1C(=O)OCC(=O)N(c1ccccc1)C1CCCCC1. The second-order valence-corrected chi connectivity index (χ2v) is 7.80. The Morgan fingerprint density at radius 3 is 2.32 bits per heavy atom. The van der Waals surface area contributed by atoms with Gasteiger partial charge in [0.15, 0.2) is 6.61 Å². The lowest BCUT2D eigenvalue weighted by Crippen LogP contribution is -2.43.